The van der Waals surface area contributed by atoms with Crippen molar-refractivity contribution >= 4 is 7.94 Å². The second kappa shape index (κ2) is 2.46. The zero-order valence-corrected chi connectivity index (χ0v) is 5.74. The molecule has 56 valence electrons. The van der Waals surface area contributed by atoms with Crippen molar-refractivity contribution in [2.24, 2.45) is 0 Å². The summed E-state index contributed by atoms with van der Waals surface area (Å²) >= 11 is 0. The molecule has 0 amide bonds. The number of hydrogen-bond donors (Lipinski definition) is 4. The molecule has 0 aliphatic carbocycles. The Kier molecular flexibility index (Phi) is 2.00. The van der Waals surface area contributed by atoms with Gasteiger partial charge in [-0.2, -0.15) is 0 Å². The third-order valence-electron chi connectivity index (χ3n) is 1.07. The first-order valence-corrected chi connectivity index (χ1v) is 4.55. The molecule has 1 aliphatic heterocycles. The fourth-order valence-electron chi connectivity index (χ4n) is 0.674. The number of hydrogen-bond acceptors (Lipinski definition) is 5. The van der Waals surface area contributed by atoms with E-state index in [-0.39, 0.29) is 0 Å². The minimum absolute atomic E-state index is 0.418. The van der Waals surface area contributed by atoms with Crippen LogP contribution in [0, 0.1) is 0 Å². The predicted octanol–water partition coefficient (Wildman–Crippen LogP) is -1.64. The van der Waals surface area contributed by atoms with Gasteiger partial charge in [0, 0.05) is 0 Å². The minimum atomic E-state index is -4.06. The van der Waals surface area contributed by atoms with Gasteiger partial charge >= 0.3 is 51.8 Å². The summed E-state index contributed by atoms with van der Waals surface area (Å²) in [5, 5.41) is 2.59. The van der Waals surface area contributed by atoms with Crippen LogP contribution in [-0.2, 0) is 4.74 Å². The summed E-state index contributed by atoms with van der Waals surface area (Å²) in [6.45, 7) is 0.974. The first-order valence-electron chi connectivity index (χ1n) is 2.63. The van der Waals surface area contributed by atoms with Gasteiger partial charge in [-0.05, 0) is 0 Å². The molecule has 0 saturated carbocycles. The van der Waals surface area contributed by atoms with Crippen molar-refractivity contribution in [1.29, 1.82) is 0 Å². The number of rotatable bonds is 1. The van der Waals surface area contributed by atoms with Gasteiger partial charge in [0.1, 0.15) is 0 Å². The van der Waals surface area contributed by atoms with Crippen molar-refractivity contribution in [1.82, 2.24) is 5.32 Å². The summed E-state index contributed by atoms with van der Waals surface area (Å²) in [6, 6.07) is 0. The third kappa shape index (κ3) is 1.82. The van der Waals surface area contributed by atoms with E-state index in [0.29, 0.717) is 13.2 Å². The van der Waals surface area contributed by atoms with Gasteiger partial charge in [-0.3, -0.25) is 0 Å². The molecule has 0 bridgehead atoms. The van der Waals surface area contributed by atoms with Gasteiger partial charge in [0.2, 0.25) is 0 Å². The van der Waals surface area contributed by atoms with E-state index < -0.39 is 13.9 Å². The van der Waals surface area contributed by atoms with E-state index in [1.54, 1.807) is 0 Å². The Hall–Kier alpha value is 0.230. The summed E-state index contributed by atoms with van der Waals surface area (Å²) in [6.07, 6.45) is 0. The maximum atomic E-state index is 8.58. The topological polar surface area (TPSA) is 82.0 Å². The molecule has 9 heavy (non-hydrogen) atoms. The molecule has 4 N–H and O–H groups in total. The summed E-state index contributed by atoms with van der Waals surface area (Å²) < 4.78 is 4.72. The van der Waals surface area contributed by atoms with Crippen LogP contribution in [0.3, 0.4) is 0 Å². The molecule has 1 heterocycles. The molecular weight excluding hydrogens is 145 g/mol. The normalized spacial score (nSPS) is 30.8. The average Bonchev–Trinajstić information content (AvgIpc) is 2.08. The third-order valence-corrected chi connectivity index (χ3v) is 2.14. The van der Waals surface area contributed by atoms with Gasteiger partial charge in [0.05, 0.1) is 0 Å². The molecule has 0 aromatic heterocycles. The molecule has 1 unspecified atom stereocenters. The molecule has 0 aromatic rings. The molecule has 0 aromatic carbocycles. The Labute approximate surface area is 52.9 Å². The van der Waals surface area contributed by atoms with Crippen LogP contribution >= 0.6 is 7.94 Å². The molecule has 1 fully saturated rings. The van der Waals surface area contributed by atoms with Crippen LogP contribution in [0.15, 0.2) is 0 Å². The van der Waals surface area contributed by atoms with Crippen LogP contribution in [0.1, 0.15) is 0 Å². The van der Waals surface area contributed by atoms with Gasteiger partial charge in [0.25, 0.3) is 0 Å². The van der Waals surface area contributed by atoms with E-state index in [1.807, 2.05) is 0 Å². The van der Waals surface area contributed by atoms with Gasteiger partial charge in [-0.1, -0.05) is 0 Å². The van der Waals surface area contributed by atoms with Crippen LogP contribution in [0.25, 0.3) is 0 Å². The molecule has 5 nitrogen and oxygen atoms in total. The van der Waals surface area contributed by atoms with E-state index in [0.717, 1.165) is 0 Å². The zero-order chi connectivity index (χ0) is 6.91. The van der Waals surface area contributed by atoms with Gasteiger partial charge in [-0.25, -0.2) is 0 Å². The van der Waals surface area contributed by atoms with Crippen molar-refractivity contribution in [2.45, 2.75) is 5.97 Å². The molecule has 0 spiro atoms. The quantitative estimate of drug-likeness (QED) is 0.341. The van der Waals surface area contributed by atoms with Crippen LogP contribution in [0.2, 0.25) is 0 Å². The van der Waals surface area contributed by atoms with E-state index in [4.69, 9.17) is 19.4 Å². The fraction of sp³-hybridized carbons (Fsp3) is 1.00. The fourth-order valence-corrected chi connectivity index (χ4v) is 1.43. The second-order valence-electron chi connectivity index (χ2n) is 1.89. The summed E-state index contributed by atoms with van der Waals surface area (Å²) in [5.74, 6) is -0.933. The van der Waals surface area contributed by atoms with Gasteiger partial charge in [-0.15, -0.1) is 0 Å². The Balaban J connectivity index is 2.42. The van der Waals surface area contributed by atoms with Gasteiger partial charge in [0.15, 0.2) is 0 Å². The molecule has 1 atom stereocenters. The van der Waals surface area contributed by atoms with Crippen molar-refractivity contribution in [3.8, 4) is 0 Å². The SMILES string of the molecule is O[PH](O)(O)C1NCCO1. The first kappa shape index (κ1) is 7.34. The van der Waals surface area contributed by atoms with Gasteiger partial charge < -0.3 is 0 Å². The van der Waals surface area contributed by atoms with E-state index in [1.165, 1.54) is 0 Å². The Morgan fingerprint density at radius 3 is 2.33 bits per heavy atom. The molecule has 1 aliphatic rings. The second-order valence-corrected chi connectivity index (χ2v) is 3.79. The number of ether oxygens (including phenoxy) is 1. The van der Waals surface area contributed by atoms with Crippen LogP contribution < -0.4 is 5.32 Å². The van der Waals surface area contributed by atoms with Crippen LogP contribution in [0.5, 0.6) is 0 Å². The van der Waals surface area contributed by atoms with Crippen LogP contribution in [0.4, 0.5) is 0 Å². The summed E-state index contributed by atoms with van der Waals surface area (Å²) in [5.41, 5.74) is 0. The summed E-state index contributed by atoms with van der Waals surface area (Å²) in [7, 11) is -4.06. The van der Waals surface area contributed by atoms with Crippen molar-refractivity contribution in [2.75, 3.05) is 13.2 Å². The van der Waals surface area contributed by atoms with E-state index in [9.17, 15) is 0 Å². The van der Waals surface area contributed by atoms with E-state index in [2.05, 4.69) is 5.32 Å². The van der Waals surface area contributed by atoms with Crippen molar-refractivity contribution in [3.63, 3.8) is 0 Å². The standard InChI is InChI=1S/C3H10NO4P/c5-9(6,7)3-4-1-2-8-3/h3-7,9H,1-2H2. The molecular formula is C3H10NO4P. The molecule has 1 saturated heterocycles. The molecule has 0 radical (unpaired) electrons. The molecule has 6 heteroatoms. The first-order chi connectivity index (χ1) is 4.11. The van der Waals surface area contributed by atoms with Crippen molar-refractivity contribution in [3.05, 3.63) is 0 Å². The maximum absolute atomic E-state index is 8.58. The summed E-state index contributed by atoms with van der Waals surface area (Å²) in [4.78, 5) is 25.7. The Morgan fingerprint density at radius 1 is 1.44 bits per heavy atom. The van der Waals surface area contributed by atoms with Crippen LogP contribution in [-0.4, -0.2) is 33.8 Å². The van der Waals surface area contributed by atoms with Crippen molar-refractivity contribution < 1.29 is 19.4 Å². The number of nitrogens with one attached hydrogen (secondary N) is 1. The monoisotopic (exact) mass is 155 g/mol. The zero-order valence-electron chi connectivity index (χ0n) is 4.74. The predicted molar refractivity (Wildman–Crippen MR) is 32.7 cm³/mol. The Morgan fingerprint density at radius 2 is 2.11 bits per heavy atom. The Bertz CT molecular complexity index is 96.5. The molecule has 1 rings (SSSR count). The van der Waals surface area contributed by atoms with E-state index >= 15 is 0 Å². The average molecular weight is 155 g/mol.